The van der Waals surface area contributed by atoms with Crippen LogP contribution in [-0.4, -0.2) is 24.5 Å². The molecule has 0 radical (unpaired) electrons. The second kappa shape index (κ2) is 8.36. The number of anilines is 1. The summed E-state index contributed by atoms with van der Waals surface area (Å²) >= 11 is 0. The Morgan fingerprint density at radius 2 is 2.00 bits per heavy atom. The largest absolute Gasteiger partial charge is 0.449 e. The number of nitrogens with one attached hydrogen (secondary N) is 1. The fourth-order valence-corrected chi connectivity index (χ4v) is 2.52. The molecule has 124 valence electrons. The SMILES string of the molecule is C[C@H](OC(=O)c1ccc(N)cc1)C(=O)NCCC1=CCCCC1. The number of amides is 1. The Kier molecular flexibility index (Phi) is 6.20. The Labute approximate surface area is 136 Å². The van der Waals surface area contributed by atoms with Gasteiger partial charge in [-0.1, -0.05) is 11.6 Å². The zero-order valence-electron chi connectivity index (χ0n) is 13.5. The molecule has 5 heteroatoms. The second-order valence-corrected chi connectivity index (χ2v) is 5.82. The van der Waals surface area contributed by atoms with E-state index in [1.54, 1.807) is 31.2 Å². The molecule has 1 aliphatic carbocycles. The van der Waals surface area contributed by atoms with E-state index in [1.807, 2.05) is 0 Å². The first kappa shape index (κ1) is 17.1. The summed E-state index contributed by atoms with van der Waals surface area (Å²) in [6, 6.07) is 6.41. The number of hydrogen-bond donors (Lipinski definition) is 2. The minimum atomic E-state index is -0.819. The predicted molar refractivity (Wildman–Crippen MR) is 89.9 cm³/mol. The highest BCUT2D eigenvalue weighted by Gasteiger charge is 2.18. The van der Waals surface area contributed by atoms with E-state index >= 15 is 0 Å². The molecule has 0 aliphatic heterocycles. The smallest absolute Gasteiger partial charge is 0.338 e. The average molecular weight is 316 g/mol. The van der Waals surface area contributed by atoms with Crippen LogP contribution in [0, 0.1) is 0 Å². The van der Waals surface area contributed by atoms with E-state index in [1.165, 1.54) is 18.4 Å². The fraction of sp³-hybridized carbons (Fsp3) is 0.444. The maximum Gasteiger partial charge on any atom is 0.338 e. The quantitative estimate of drug-likeness (QED) is 0.480. The molecule has 0 spiro atoms. The van der Waals surface area contributed by atoms with Gasteiger partial charge in [-0.3, -0.25) is 4.79 Å². The number of rotatable bonds is 6. The van der Waals surface area contributed by atoms with E-state index < -0.39 is 12.1 Å². The van der Waals surface area contributed by atoms with Crippen LogP contribution < -0.4 is 11.1 Å². The number of carbonyl (C=O) groups is 2. The van der Waals surface area contributed by atoms with E-state index in [0.29, 0.717) is 17.8 Å². The van der Waals surface area contributed by atoms with Crippen molar-refractivity contribution in [2.45, 2.75) is 45.1 Å². The highest BCUT2D eigenvalue weighted by Crippen LogP contribution is 2.19. The predicted octanol–water partition coefficient (Wildman–Crippen LogP) is 2.82. The molecule has 0 saturated carbocycles. The summed E-state index contributed by atoms with van der Waals surface area (Å²) < 4.78 is 5.17. The van der Waals surface area contributed by atoms with Crippen LogP contribution in [0.15, 0.2) is 35.9 Å². The molecule has 0 heterocycles. The van der Waals surface area contributed by atoms with Crippen molar-refractivity contribution in [2.75, 3.05) is 12.3 Å². The van der Waals surface area contributed by atoms with Crippen molar-refractivity contribution in [1.82, 2.24) is 5.32 Å². The van der Waals surface area contributed by atoms with Gasteiger partial charge in [-0.15, -0.1) is 0 Å². The minimum absolute atomic E-state index is 0.273. The molecule has 3 N–H and O–H groups in total. The third-order valence-corrected chi connectivity index (χ3v) is 3.93. The lowest BCUT2D eigenvalue weighted by Crippen LogP contribution is -2.36. The molecule has 0 bridgehead atoms. The second-order valence-electron chi connectivity index (χ2n) is 5.82. The summed E-state index contributed by atoms with van der Waals surface area (Å²) in [4.78, 5) is 23.9. The van der Waals surface area contributed by atoms with Crippen molar-refractivity contribution in [3.05, 3.63) is 41.5 Å². The van der Waals surface area contributed by atoms with Crippen LogP contribution in [0.3, 0.4) is 0 Å². The lowest BCUT2D eigenvalue weighted by molar-refractivity contribution is -0.129. The molecule has 0 unspecified atom stereocenters. The minimum Gasteiger partial charge on any atom is -0.449 e. The number of ether oxygens (including phenoxy) is 1. The van der Waals surface area contributed by atoms with Crippen LogP contribution in [0.2, 0.25) is 0 Å². The van der Waals surface area contributed by atoms with Crippen molar-refractivity contribution in [2.24, 2.45) is 0 Å². The van der Waals surface area contributed by atoms with Crippen LogP contribution in [0.4, 0.5) is 5.69 Å². The fourth-order valence-electron chi connectivity index (χ4n) is 2.52. The van der Waals surface area contributed by atoms with Gasteiger partial charge in [0.2, 0.25) is 0 Å². The first-order valence-electron chi connectivity index (χ1n) is 8.08. The molecule has 0 saturated heterocycles. The molecule has 0 fully saturated rings. The summed E-state index contributed by atoms with van der Waals surface area (Å²) in [6.45, 7) is 2.15. The van der Waals surface area contributed by atoms with Gasteiger partial charge in [-0.05, 0) is 63.3 Å². The third kappa shape index (κ3) is 5.43. The molecular formula is C18H24N2O3. The van der Waals surface area contributed by atoms with Gasteiger partial charge in [0.05, 0.1) is 5.56 Å². The van der Waals surface area contributed by atoms with Crippen LogP contribution in [0.25, 0.3) is 0 Å². The van der Waals surface area contributed by atoms with E-state index in [9.17, 15) is 9.59 Å². The molecular weight excluding hydrogens is 292 g/mol. The lowest BCUT2D eigenvalue weighted by atomic mass is 9.97. The van der Waals surface area contributed by atoms with Gasteiger partial charge < -0.3 is 15.8 Å². The Morgan fingerprint density at radius 3 is 2.65 bits per heavy atom. The number of esters is 1. The number of nitrogen functional groups attached to an aromatic ring is 1. The van der Waals surface area contributed by atoms with Crippen LogP contribution in [-0.2, 0) is 9.53 Å². The van der Waals surface area contributed by atoms with Gasteiger partial charge in [0.1, 0.15) is 0 Å². The zero-order chi connectivity index (χ0) is 16.7. The Bertz CT molecular complexity index is 578. The van der Waals surface area contributed by atoms with Crippen molar-refractivity contribution in [3.63, 3.8) is 0 Å². The van der Waals surface area contributed by atoms with Gasteiger partial charge in [0.15, 0.2) is 6.10 Å². The summed E-state index contributed by atoms with van der Waals surface area (Å²) in [5, 5.41) is 2.82. The molecule has 1 aromatic rings. The van der Waals surface area contributed by atoms with E-state index in [-0.39, 0.29) is 5.91 Å². The first-order chi connectivity index (χ1) is 11.1. The number of benzene rings is 1. The molecule has 2 rings (SSSR count). The molecule has 1 atom stereocenters. The number of nitrogens with two attached hydrogens (primary N) is 1. The topological polar surface area (TPSA) is 81.4 Å². The molecule has 1 aliphatic rings. The summed E-state index contributed by atoms with van der Waals surface area (Å²) in [6.07, 6.45) is 7.06. The van der Waals surface area contributed by atoms with Gasteiger partial charge in [0.25, 0.3) is 5.91 Å². The Morgan fingerprint density at radius 1 is 1.26 bits per heavy atom. The number of allylic oxidation sites excluding steroid dienone is 1. The standard InChI is InChI=1S/C18H24N2O3/c1-13(23-18(22)15-7-9-16(19)10-8-15)17(21)20-12-11-14-5-3-2-4-6-14/h5,7-10,13H,2-4,6,11-12,19H2,1H3,(H,20,21)/t13-/m0/s1. The van der Waals surface area contributed by atoms with E-state index in [2.05, 4.69) is 11.4 Å². The molecule has 23 heavy (non-hydrogen) atoms. The zero-order valence-corrected chi connectivity index (χ0v) is 13.5. The van der Waals surface area contributed by atoms with Crippen molar-refractivity contribution >= 4 is 17.6 Å². The van der Waals surface area contributed by atoms with Gasteiger partial charge in [-0.25, -0.2) is 4.79 Å². The molecule has 0 aromatic heterocycles. The summed E-state index contributed by atoms with van der Waals surface area (Å²) in [5.41, 5.74) is 7.93. The molecule has 5 nitrogen and oxygen atoms in total. The normalized spacial score (nSPS) is 15.4. The maximum absolute atomic E-state index is 12.0. The van der Waals surface area contributed by atoms with Crippen LogP contribution in [0.1, 0.15) is 49.4 Å². The van der Waals surface area contributed by atoms with Crippen molar-refractivity contribution < 1.29 is 14.3 Å². The third-order valence-electron chi connectivity index (χ3n) is 3.93. The first-order valence-corrected chi connectivity index (χ1v) is 8.08. The summed E-state index contributed by atoms with van der Waals surface area (Å²) in [5.74, 6) is -0.798. The van der Waals surface area contributed by atoms with E-state index in [0.717, 1.165) is 19.3 Å². The maximum atomic E-state index is 12.0. The highest BCUT2D eigenvalue weighted by atomic mass is 16.5. The molecule has 1 amide bonds. The highest BCUT2D eigenvalue weighted by molar-refractivity contribution is 5.92. The van der Waals surface area contributed by atoms with Crippen LogP contribution >= 0.6 is 0 Å². The van der Waals surface area contributed by atoms with Crippen molar-refractivity contribution in [3.8, 4) is 0 Å². The Hall–Kier alpha value is -2.30. The summed E-state index contributed by atoms with van der Waals surface area (Å²) in [7, 11) is 0. The van der Waals surface area contributed by atoms with Crippen LogP contribution in [0.5, 0.6) is 0 Å². The monoisotopic (exact) mass is 316 g/mol. The van der Waals surface area contributed by atoms with Crippen molar-refractivity contribution in [1.29, 1.82) is 0 Å². The average Bonchev–Trinajstić information content (AvgIpc) is 2.56. The number of hydrogen-bond acceptors (Lipinski definition) is 4. The Balaban J connectivity index is 1.74. The molecule has 1 aromatic carbocycles. The van der Waals surface area contributed by atoms with Gasteiger partial charge in [0, 0.05) is 12.2 Å². The van der Waals surface area contributed by atoms with Gasteiger partial charge >= 0.3 is 5.97 Å². The number of carbonyl (C=O) groups excluding carboxylic acids is 2. The van der Waals surface area contributed by atoms with Gasteiger partial charge in [-0.2, -0.15) is 0 Å². The lowest BCUT2D eigenvalue weighted by Gasteiger charge is -2.15. The van der Waals surface area contributed by atoms with E-state index in [4.69, 9.17) is 10.5 Å².